The molecule has 6 nitrogen and oxygen atoms in total. The minimum absolute atomic E-state index is 0.0974. The van der Waals surface area contributed by atoms with Gasteiger partial charge in [0.1, 0.15) is 11.8 Å². The zero-order valence-electron chi connectivity index (χ0n) is 18.6. The van der Waals surface area contributed by atoms with Crippen molar-refractivity contribution in [1.82, 2.24) is 4.31 Å². The number of carboxylic acid groups (broad SMARTS) is 1. The topological polar surface area (TPSA) is 83.9 Å². The van der Waals surface area contributed by atoms with Gasteiger partial charge in [-0.05, 0) is 40.8 Å². The average molecular weight is 484 g/mol. The first-order chi connectivity index (χ1) is 15.7. The summed E-state index contributed by atoms with van der Waals surface area (Å²) < 4.78 is 32.4. The van der Waals surface area contributed by atoms with E-state index in [-0.39, 0.29) is 17.4 Å². The van der Waals surface area contributed by atoms with Crippen molar-refractivity contribution in [3.63, 3.8) is 0 Å². The van der Waals surface area contributed by atoms with Crippen molar-refractivity contribution in [2.45, 2.75) is 31.3 Å². The number of ether oxygens (including phenoxy) is 1. The number of sulfonamides is 1. The van der Waals surface area contributed by atoms with Crippen LogP contribution in [0.15, 0.2) is 59.5 Å². The second kappa shape index (κ2) is 9.13. The number of carboxylic acids is 1. The SMILES string of the molecule is COc1ccc(C=Cc2ccc(-c3cc4c(s3)CN(C(C(=O)O)C(C)C)S4(=O)=O)cc2)cc1. The maximum Gasteiger partial charge on any atom is 0.322 e. The zero-order valence-corrected chi connectivity index (χ0v) is 20.2. The van der Waals surface area contributed by atoms with Gasteiger partial charge in [0, 0.05) is 9.75 Å². The Morgan fingerprint density at radius 2 is 1.64 bits per heavy atom. The molecule has 0 saturated carbocycles. The Kier molecular flexibility index (Phi) is 6.43. The Morgan fingerprint density at radius 1 is 1.06 bits per heavy atom. The molecule has 0 radical (unpaired) electrons. The smallest absolute Gasteiger partial charge is 0.322 e. The molecule has 2 aromatic carbocycles. The van der Waals surface area contributed by atoms with Crippen molar-refractivity contribution in [1.29, 1.82) is 0 Å². The van der Waals surface area contributed by atoms with Crippen LogP contribution in [0.3, 0.4) is 0 Å². The van der Waals surface area contributed by atoms with Gasteiger partial charge in [0.05, 0.1) is 18.6 Å². The average Bonchev–Trinajstić information content (AvgIpc) is 3.31. The van der Waals surface area contributed by atoms with E-state index in [1.54, 1.807) is 27.0 Å². The van der Waals surface area contributed by atoms with Gasteiger partial charge in [-0.2, -0.15) is 4.31 Å². The van der Waals surface area contributed by atoms with E-state index in [9.17, 15) is 18.3 Å². The van der Waals surface area contributed by atoms with Gasteiger partial charge >= 0.3 is 5.97 Å². The summed E-state index contributed by atoms with van der Waals surface area (Å²) in [5, 5.41) is 9.54. The number of carbonyl (C=O) groups is 1. The third-order valence-electron chi connectivity index (χ3n) is 5.63. The van der Waals surface area contributed by atoms with Crippen molar-refractivity contribution < 1.29 is 23.1 Å². The number of aliphatic carboxylic acids is 1. The van der Waals surface area contributed by atoms with Crippen LogP contribution in [0.1, 0.15) is 29.9 Å². The van der Waals surface area contributed by atoms with Crippen LogP contribution in [0.25, 0.3) is 22.6 Å². The standard InChI is InChI=1S/C25H25NO5S2/c1-16(2)24(25(27)28)26-15-22-23(33(26,29)30)14-21(32-22)19-10-6-17(7-11-19)4-5-18-8-12-20(31-3)13-9-18/h4-14,16,24H,15H2,1-3H3,(H,27,28). The highest BCUT2D eigenvalue weighted by atomic mass is 32.2. The lowest BCUT2D eigenvalue weighted by atomic mass is 10.0. The van der Waals surface area contributed by atoms with Gasteiger partial charge in [-0.1, -0.05) is 62.4 Å². The Labute approximate surface area is 197 Å². The number of hydrogen-bond donors (Lipinski definition) is 1. The molecule has 0 amide bonds. The van der Waals surface area contributed by atoms with Crippen molar-refractivity contribution in [3.8, 4) is 16.2 Å². The van der Waals surface area contributed by atoms with Crippen LogP contribution in [-0.2, 0) is 21.4 Å². The number of hydrogen-bond acceptors (Lipinski definition) is 5. The van der Waals surface area contributed by atoms with Crippen LogP contribution >= 0.6 is 11.3 Å². The number of thiophene rings is 1. The van der Waals surface area contributed by atoms with E-state index >= 15 is 0 Å². The molecule has 0 saturated heterocycles. The molecule has 4 rings (SSSR count). The maximum absolute atomic E-state index is 13.0. The van der Waals surface area contributed by atoms with Gasteiger partial charge < -0.3 is 9.84 Å². The summed E-state index contributed by atoms with van der Waals surface area (Å²) in [7, 11) is -2.20. The van der Waals surface area contributed by atoms with Crippen molar-refractivity contribution >= 4 is 39.5 Å². The molecule has 1 unspecified atom stereocenters. The molecule has 33 heavy (non-hydrogen) atoms. The van der Waals surface area contributed by atoms with Crippen LogP contribution < -0.4 is 4.74 Å². The first-order valence-corrected chi connectivity index (χ1v) is 12.8. The fraction of sp³-hybridized carbons (Fsp3) is 0.240. The van der Waals surface area contributed by atoms with Crippen molar-refractivity contribution in [2.75, 3.05) is 7.11 Å². The summed E-state index contributed by atoms with van der Waals surface area (Å²) in [4.78, 5) is 13.4. The van der Waals surface area contributed by atoms with E-state index in [2.05, 4.69) is 0 Å². The van der Waals surface area contributed by atoms with E-state index in [1.165, 1.54) is 11.3 Å². The summed E-state index contributed by atoms with van der Waals surface area (Å²) in [6.45, 7) is 3.54. The third kappa shape index (κ3) is 4.59. The molecule has 8 heteroatoms. The van der Waals surface area contributed by atoms with Crippen LogP contribution in [0.5, 0.6) is 5.75 Å². The molecular formula is C25H25NO5S2. The van der Waals surface area contributed by atoms with E-state index in [0.717, 1.165) is 31.6 Å². The predicted octanol–water partition coefficient (Wildman–Crippen LogP) is 5.21. The summed E-state index contributed by atoms with van der Waals surface area (Å²) in [6, 6.07) is 16.3. The molecule has 1 aromatic heterocycles. The second-order valence-corrected chi connectivity index (χ2v) is 11.2. The molecule has 0 spiro atoms. The fourth-order valence-electron chi connectivity index (χ4n) is 3.89. The van der Waals surface area contributed by atoms with Crippen molar-refractivity contribution in [3.05, 3.63) is 70.6 Å². The summed E-state index contributed by atoms with van der Waals surface area (Å²) in [5.74, 6) is -0.640. The largest absolute Gasteiger partial charge is 0.497 e. The first-order valence-electron chi connectivity index (χ1n) is 10.5. The highest BCUT2D eigenvalue weighted by molar-refractivity contribution is 7.89. The van der Waals surface area contributed by atoms with Crippen LogP contribution in [0.4, 0.5) is 0 Å². The van der Waals surface area contributed by atoms with Gasteiger partial charge in [0.25, 0.3) is 0 Å². The lowest BCUT2D eigenvalue weighted by molar-refractivity contribution is -0.143. The summed E-state index contributed by atoms with van der Waals surface area (Å²) in [5.41, 5.74) is 3.01. The van der Waals surface area contributed by atoms with Gasteiger partial charge in [-0.15, -0.1) is 11.3 Å². The van der Waals surface area contributed by atoms with E-state index < -0.39 is 22.0 Å². The summed E-state index contributed by atoms with van der Waals surface area (Å²) >= 11 is 1.40. The molecular weight excluding hydrogens is 458 g/mol. The number of methoxy groups -OCH3 is 1. The molecule has 3 aromatic rings. The Bertz CT molecular complexity index is 1290. The van der Waals surface area contributed by atoms with Crippen LogP contribution in [0, 0.1) is 5.92 Å². The van der Waals surface area contributed by atoms with Gasteiger partial charge in [-0.25, -0.2) is 8.42 Å². The maximum atomic E-state index is 13.0. The minimum atomic E-state index is -3.83. The lowest BCUT2D eigenvalue weighted by Gasteiger charge is -2.25. The predicted molar refractivity (Wildman–Crippen MR) is 131 cm³/mol. The van der Waals surface area contributed by atoms with E-state index in [1.807, 2.05) is 60.7 Å². The number of fused-ring (bicyclic) bond motifs is 1. The number of benzene rings is 2. The van der Waals surface area contributed by atoms with Gasteiger partial charge in [-0.3, -0.25) is 4.79 Å². The quantitative estimate of drug-likeness (QED) is 0.467. The Balaban J connectivity index is 1.53. The van der Waals surface area contributed by atoms with Gasteiger partial charge in [0.15, 0.2) is 0 Å². The number of nitrogens with zero attached hydrogens (tertiary/aromatic N) is 1. The minimum Gasteiger partial charge on any atom is -0.497 e. The second-order valence-electron chi connectivity index (χ2n) is 8.20. The first kappa shape index (κ1) is 23.2. The van der Waals surface area contributed by atoms with E-state index in [0.29, 0.717) is 4.88 Å². The Hall–Kier alpha value is -2.94. The highest BCUT2D eigenvalue weighted by Crippen LogP contribution is 2.42. The zero-order chi connectivity index (χ0) is 23.8. The van der Waals surface area contributed by atoms with Crippen molar-refractivity contribution in [2.24, 2.45) is 5.92 Å². The third-order valence-corrected chi connectivity index (χ3v) is 8.82. The molecule has 1 aliphatic heterocycles. The molecule has 0 aliphatic carbocycles. The molecule has 1 atom stereocenters. The summed E-state index contributed by atoms with van der Waals surface area (Å²) in [6.07, 6.45) is 4.03. The van der Waals surface area contributed by atoms with Crippen LogP contribution in [-0.4, -0.2) is 37.0 Å². The molecule has 2 heterocycles. The molecule has 1 N–H and O–H groups in total. The number of rotatable bonds is 7. The fourth-order valence-corrected chi connectivity index (χ4v) is 7.35. The van der Waals surface area contributed by atoms with E-state index in [4.69, 9.17) is 4.74 Å². The normalized spacial score (nSPS) is 16.2. The van der Waals surface area contributed by atoms with Crippen LogP contribution in [0.2, 0.25) is 0 Å². The Morgan fingerprint density at radius 3 is 2.12 bits per heavy atom. The molecule has 1 aliphatic rings. The molecule has 0 fully saturated rings. The lowest BCUT2D eigenvalue weighted by Crippen LogP contribution is -2.44. The molecule has 0 bridgehead atoms. The van der Waals surface area contributed by atoms with Gasteiger partial charge in [0.2, 0.25) is 10.0 Å². The highest BCUT2D eigenvalue weighted by Gasteiger charge is 2.44. The monoisotopic (exact) mass is 483 g/mol. The molecule has 172 valence electrons.